The lowest BCUT2D eigenvalue weighted by Gasteiger charge is -2.26. The summed E-state index contributed by atoms with van der Waals surface area (Å²) in [5, 5.41) is 4.21. The number of para-hydroxylation sites is 1. The number of carbonyl (C=O) groups excluding carboxylic acids is 1. The van der Waals surface area contributed by atoms with Gasteiger partial charge in [-0.15, -0.1) is 0 Å². The van der Waals surface area contributed by atoms with E-state index in [1.54, 1.807) is 14.2 Å². The van der Waals surface area contributed by atoms with E-state index < -0.39 is 0 Å². The first-order valence-corrected chi connectivity index (χ1v) is 11.0. The first-order valence-electron chi connectivity index (χ1n) is 11.0. The Hall–Kier alpha value is -3.03. The minimum atomic E-state index is -0.157. The molecule has 1 unspecified atom stereocenters. The average Bonchev–Trinajstić information content (AvgIpc) is 3.27. The number of nitrogens with zero attached hydrogens (tertiary/aromatic N) is 1. The molecule has 2 aromatic carbocycles. The van der Waals surface area contributed by atoms with Gasteiger partial charge in [0.2, 0.25) is 5.91 Å². The van der Waals surface area contributed by atoms with Crippen molar-refractivity contribution in [3.8, 4) is 11.5 Å². The predicted molar refractivity (Wildman–Crippen MR) is 125 cm³/mol. The van der Waals surface area contributed by atoms with Crippen molar-refractivity contribution < 1.29 is 19.0 Å². The summed E-state index contributed by atoms with van der Waals surface area (Å²) in [5.74, 6) is 1.29. The van der Waals surface area contributed by atoms with E-state index in [0.717, 1.165) is 60.6 Å². The topological polar surface area (TPSA) is 75.8 Å². The van der Waals surface area contributed by atoms with Crippen LogP contribution >= 0.6 is 0 Å². The molecule has 4 rings (SSSR count). The van der Waals surface area contributed by atoms with E-state index in [1.165, 1.54) is 0 Å². The third-order valence-electron chi connectivity index (χ3n) is 6.06. The molecule has 1 saturated heterocycles. The quantitative estimate of drug-likeness (QED) is 0.538. The summed E-state index contributed by atoms with van der Waals surface area (Å²) in [4.78, 5) is 18.6. The Morgan fingerprint density at radius 3 is 2.72 bits per heavy atom. The van der Waals surface area contributed by atoms with Crippen molar-refractivity contribution in [2.24, 2.45) is 0 Å². The number of nitrogens with one attached hydrogen (secondary N) is 2. The van der Waals surface area contributed by atoms with Gasteiger partial charge in [-0.2, -0.15) is 0 Å². The fourth-order valence-corrected chi connectivity index (χ4v) is 4.31. The highest BCUT2D eigenvalue weighted by molar-refractivity contribution is 5.86. The van der Waals surface area contributed by atoms with Crippen molar-refractivity contribution >= 4 is 16.8 Å². The van der Waals surface area contributed by atoms with E-state index in [4.69, 9.17) is 14.2 Å². The number of amides is 1. The summed E-state index contributed by atoms with van der Waals surface area (Å²) < 4.78 is 16.4. The van der Waals surface area contributed by atoms with Crippen LogP contribution in [-0.2, 0) is 9.53 Å². The summed E-state index contributed by atoms with van der Waals surface area (Å²) in [5.41, 5.74) is 3.08. The van der Waals surface area contributed by atoms with Crippen molar-refractivity contribution in [2.45, 2.75) is 12.3 Å². The number of methoxy groups -OCH3 is 2. The molecule has 3 aromatic rings. The SMILES string of the molecule is COc1ccc(C(CC(=O)NCCN2CCOCC2)c2c[nH]c3ccccc23)c(OC)c1. The van der Waals surface area contributed by atoms with Crippen molar-refractivity contribution in [1.82, 2.24) is 15.2 Å². The standard InChI is InChI=1S/C25H31N3O4/c1-30-18-7-8-20(24(15-18)31-2)21(22-17-27-23-6-4-3-5-19(22)23)16-25(29)26-9-10-28-11-13-32-14-12-28/h3-8,15,17,21,27H,9-14,16H2,1-2H3,(H,26,29). The molecule has 7 nitrogen and oxygen atoms in total. The Kier molecular flexibility index (Phi) is 7.29. The third-order valence-corrected chi connectivity index (χ3v) is 6.06. The highest BCUT2D eigenvalue weighted by atomic mass is 16.5. The Bertz CT molecular complexity index is 1040. The van der Waals surface area contributed by atoms with Gasteiger partial charge in [0.25, 0.3) is 0 Å². The molecule has 0 bridgehead atoms. The molecule has 2 heterocycles. The van der Waals surface area contributed by atoms with Gasteiger partial charge in [-0.25, -0.2) is 0 Å². The van der Waals surface area contributed by atoms with Gasteiger partial charge in [0, 0.05) is 67.2 Å². The lowest BCUT2D eigenvalue weighted by atomic mass is 9.87. The van der Waals surface area contributed by atoms with Gasteiger partial charge in [0.15, 0.2) is 0 Å². The molecule has 0 radical (unpaired) electrons. The van der Waals surface area contributed by atoms with Crippen LogP contribution in [-0.4, -0.2) is 69.4 Å². The molecule has 1 aliphatic rings. The number of carbonyl (C=O) groups is 1. The van der Waals surface area contributed by atoms with E-state index in [9.17, 15) is 4.79 Å². The van der Waals surface area contributed by atoms with Crippen molar-refractivity contribution in [1.29, 1.82) is 0 Å². The molecular weight excluding hydrogens is 406 g/mol. The number of ether oxygens (including phenoxy) is 3. The molecule has 1 amide bonds. The highest BCUT2D eigenvalue weighted by Crippen LogP contribution is 2.39. The molecule has 1 aliphatic heterocycles. The second-order valence-electron chi connectivity index (χ2n) is 7.96. The van der Waals surface area contributed by atoms with Crippen LogP contribution in [0.25, 0.3) is 10.9 Å². The van der Waals surface area contributed by atoms with E-state index in [2.05, 4.69) is 21.3 Å². The highest BCUT2D eigenvalue weighted by Gasteiger charge is 2.25. The third kappa shape index (κ3) is 5.06. The van der Waals surface area contributed by atoms with E-state index in [0.29, 0.717) is 18.7 Å². The maximum Gasteiger partial charge on any atom is 0.220 e. The van der Waals surface area contributed by atoms with Crippen LogP contribution in [0.4, 0.5) is 0 Å². The fourth-order valence-electron chi connectivity index (χ4n) is 4.31. The minimum absolute atomic E-state index is 0.0198. The number of aromatic nitrogens is 1. The first kappa shape index (κ1) is 22.2. The number of rotatable bonds is 9. The van der Waals surface area contributed by atoms with E-state index in [1.807, 2.05) is 42.6 Å². The van der Waals surface area contributed by atoms with Crippen molar-refractivity contribution in [2.75, 3.05) is 53.6 Å². The van der Waals surface area contributed by atoms with Crippen molar-refractivity contribution in [3.05, 3.63) is 59.8 Å². The summed E-state index contributed by atoms with van der Waals surface area (Å²) in [6.45, 7) is 4.80. The van der Waals surface area contributed by atoms with Gasteiger partial charge in [-0.05, 0) is 17.7 Å². The van der Waals surface area contributed by atoms with E-state index in [-0.39, 0.29) is 11.8 Å². The molecule has 170 valence electrons. The summed E-state index contributed by atoms with van der Waals surface area (Å²) in [7, 11) is 3.28. The number of benzene rings is 2. The smallest absolute Gasteiger partial charge is 0.220 e. The lowest BCUT2D eigenvalue weighted by molar-refractivity contribution is -0.121. The molecule has 1 aromatic heterocycles. The van der Waals surface area contributed by atoms with Crippen LogP contribution in [0.3, 0.4) is 0 Å². The van der Waals surface area contributed by atoms with E-state index >= 15 is 0 Å². The fraction of sp³-hybridized carbons (Fsp3) is 0.400. The maximum absolute atomic E-state index is 13.0. The molecule has 0 spiro atoms. The Balaban J connectivity index is 1.56. The number of aromatic amines is 1. The Morgan fingerprint density at radius 1 is 1.12 bits per heavy atom. The molecule has 1 fully saturated rings. The van der Waals surface area contributed by atoms with Crippen LogP contribution in [0.1, 0.15) is 23.5 Å². The predicted octanol–water partition coefficient (Wildman–Crippen LogP) is 3.16. The number of hydrogen-bond donors (Lipinski definition) is 2. The molecule has 7 heteroatoms. The molecule has 1 atom stereocenters. The molecule has 0 aliphatic carbocycles. The van der Waals surface area contributed by atoms with Crippen molar-refractivity contribution in [3.63, 3.8) is 0 Å². The summed E-state index contributed by atoms with van der Waals surface area (Å²) in [6.07, 6.45) is 2.33. The summed E-state index contributed by atoms with van der Waals surface area (Å²) >= 11 is 0. The Labute approximate surface area is 188 Å². The average molecular weight is 438 g/mol. The second kappa shape index (κ2) is 10.5. The van der Waals surface area contributed by atoms with Gasteiger partial charge >= 0.3 is 0 Å². The van der Waals surface area contributed by atoms with Crippen LogP contribution in [0.5, 0.6) is 11.5 Å². The minimum Gasteiger partial charge on any atom is -0.497 e. The number of morpholine rings is 1. The van der Waals surface area contributed by atoms with Gasteiger partial charge in [-0.1, -0.05) is 24.3 Å². The van der Waals surface area contributed by atoms with Crippen LogP contribution in [0.2, 0.25) is 0 Å². The van der Waals surface area contributed by atoms with Crippen LogP contribution in [0.15, 0.2) is 48.7 Å². The van der Waals surface area contributed by atoms with Crippen LogP contribution in [0, 0.1) is 0 Å². The number of H-pyrrole nitrogens is 1. The maximum atomic E-state index is 13.0. The van der Waals surface area contributed by atoms with Crippen LogP contribution < -0.4 is 14.8 Å². The monoisotopic (exact) mass is 437 g/mol. The van der Waals surface area contributed by atoms with Gasteiger partial charge in [0.05, 0.1) is 27.4 Å². The second-order valence-corrected chi connectivity index (χ2v) is 7.96. The van der Waals surface area contributed by atoms with Gasteiger partial charge < -0.3 is 24.5 Å². The summed E-state index contributed by atoms with van der Waals surface area (Å²) in [6, 6.07) is 13.9. The zero-order valence-corrected chi connectivity index (χ0v) is 18.7. The largest absolute Gasteiger partial charge is 0.497 e. The normalized spacial score (nSPS) is 15.4. The van der Waals surface area contributed by atoms with Gasteiger partial charge in [0.1, 0.15) is 11.5 Å². The lowest BCUT2D eigenvalue weighted by Crippen LogP contribution is -2.41. The Morgan fingerprint density at radius 2 is 1.94 bits per heavy atom. The molecule has 2 N–H and O–H groups in total. The van der Waals surface area contributed by atoms with Gasteiger partial charge in [-0.3, -0.25) is 9.69 Å². The molecule has 0 saturated carbocycles. The zero-order chi connectivity index (χ0) is 22.3. The number of hydrogen-bond acceptors (Lipinski definition) is 5. The zero-order valence-electron chi connectivity index (χ0n) is 18.7. The number of fused-ring (bicyclic) bond motifs is 1. The first-order chi connectivity index (χ1) is 15.7. The molecule has 32 heavy (non-hydrogen) atoms. The molecular formula is C25H31N3O4.